The molecule has 1 nitrogen and oxygen atoms in total. The molecule has 0 aliphatic carbocycles. The molecule has 0 N–H and O–H groups in total. The van der Waals surface area contributed by atoms with E-state index in [1.54, 1.807) is 11.9 Å². The number of likely N-dealkylation sites (N-methyl/N-ethyl adjacent to an activating group) is 1. The Morgan fingerprint density at radius 3 is 2.78 bits per heavy atom. The van der Waals surface area contributed by atoms with Gasteiger partial charge in [-0.25, -0.2) is 4.31 Å². The second kappa shape index (κ2) is 2.95. The lowest BCUT2D eigenvalue weighted by Crippen LogP contribution is -2.17. The van der Waals surface area contributed by atoms with E-state index in [4.69, 9.17) is 11.6 Å². The van der Waals surface area contributed by atoms with Gasteiger partial charge in [0, 0.05) is 6.04 Å². The van der Waals surface area contributed by atoms with Crippen LogP contribution in [-0.2, 0) is 0 Å². The Kier molecular flexibility index (Phi) is 2.44. The second-order valence-corrected chi connectivity index (χ2v) is 3.91. The number of rotatable bonds is 1. The monoisotopic (exact) mass is 163 g/mol. The Balaban J connectivity index is 2.53. The van der Waals surface area contributed by atoms with E-state index in [0.717, 1.165) is 10.8 Å². The van der Waals surface area contributed by atoms with Gasteiger partial charge in [0.1, 0.15) is 0 Å². The summed E-state index contributed by atoms with van der Waals surface area (Å²) >= 11 is 7.38. The lowest BCUT2D eigenvalue weighted by atomic mass is 10.2. The topological polar surface area (TPSA) is 3.24 Å². The summed E-state index contributed by atoms with van der Waals surface area (Å²) in [6.45, 7) is 2.16. The first kappa shape index (κ1) is 7.45. The van der Waals surface area contributed by atoms with Gasteiger partial charge in [0.2, 0.25) is 0 Å². The van der Waals surface area contributed by atoms with Crippen LogP contribution in [0.4, 0.5) is 0 Å². The zero-order valence-electron chi connectivity index (χ0n) is 5.60. The van der Waals surface area contributed by atoms with E-state index in [9.17, 15) is 0 Å². The SMILES string of the molecule is CCC1C=C(Cl)SN1C. The van der Waals surface area contributed by atoms with Gasteiger partial charge >= 0.3 is 0 Å². The smallest absolute Gasteiger partial charge is 0.0865 e. The molecule has 1 atom stereocenters. The molecule has 0 spiro atoms. The molecule has 3 heteroatoms. The highest BCUT2D eigenvalue weighted by Gasteiger charge is 2.18. The van der Waals surface area contributed by atoms with Crippen molar-refractivity contribution >= 4 is 23.5 Å². The van der Waals surface area contributed by atoms with E-state index < -0.39 is 0 Å². The largest absolute Gasteiger partial charge is 0.242 e. The highest BCUT2D eigenvalue weighted by Crippen LogP contribution is 2.33. The van der Waals surface area contributed by atoms with E-state index in [2.05, 4.69) is 24.4 Å². The molecule has 0 aromatic rings. The van der Waals surface area contributed by atoms with Gasteiger partial charge < -0.3 is 0 Å². The minimum atomic E-state index is 0.544. The van der Waals surface area contributed by atoms with E-state index in [1.165, 1.54) is 0 Å². The third kappa shape index (κ3) is 1.63. The van der Waals surface area contributed by atoms with Crippen molar-refractivity contribution in [2.45, 2.75) is 19.4 Å². The first-order valence-corrected chi connectivity index (χ1v) is 4.17. The molecule has 0 saturated heterocycles. The molecule has 0 radical (unpaired) electrons. The van der Waals surface area contributed by atoms with Gasteiger partial charge in [-0.3, -0.25) is 0 Å². The van der Waals surface area contributed by atoms with Gasteiger partial charge in [-0.2, -0.15) is 0 Å². The summed E-state index contributed by atoms with van der Waals surface area (Å²) in [7, 11) is 2.06. The van der Waals surface area contributed by atoms with Crippen molar-refractivity contribution in [3.05, 3.63) is 10.4 Å². The minimum Gasteiger partial charge on any atom is -0.242 e. The van der Waals surface area contributed by atoms with Crippen molar-refractivity contribution < 1.29 is 0 Å². The zero-order valence-corrected chi connectivity index (χ0v) is 7.17. The molecule has 0 bridgehead atoms. The van der Waals surface area contributed by atoms with Crippen LogP contribution in [-0.4, -0.2) is 17.4 Å². The second-order valence-electron chi connectivity index (χ2n) is 2.08. The van der Waals surface area contributed by atoms with Gasteiger partial charge in [0.15, 0.2) is 0 Å². The fourth-order valence-electron chi connectivity index (χ4n) is 0.867. The molecule has 52 valence electrons. The predicted molar refractivity (Wildman–Crippen MR) is 43.4 cm³/mol. The summed E-state index contributed by atoms with van der Waals surface area (Å²) in [5, 5.41) is 0. The third-order valence-electron chi connectivity index (χ3n) is 1.44. The highest BCUT2D eigenvalue weighted by atomic mass is 35.5. The molecule has 1 aliphatic heterocycles. The fraction of sp³-hybridized carbons (Fsp3) is 0.667. The standard InChI is InChI=1S/C6H10ClNS/c1-3-5-4-6(7)9-8(5)2/h4-5H,3H2,1-2H3. The Bertz CT molecular complexity index is 135. The summed E-state index contributed by atoms with van der Waals surface area (Å²) in [5.41, 5.74) is 0. The Morgan fingerprint density at radius 1 is 1.89 bits per heavy atom. The van der Waals surface area contributed by atoms with Crippen LogP contribution in [0.25, 0.3) is 0 Å². The molecule has 1 unspecified atom stereocenters. The first-order chi connectivity index (χ1) is 4.24. The number of halogens is 1. The van der Waals surface area contributed by atoms with Gasteiger partial charge in [-0.05, 0) is 31.5 Å². The molecular weight excluding hydrogens is 154 g/mol. The molecule has 0 saturated carbocycles. The molecule has 1 rings (SSSR count). The number of hydrogen-bond acceptors (Lipinski definition) is 2. The fourth-order valence-corrected chi connectivity index (χ4v) is 2.18. The third-order valence-corrected chi connectivity index (χ3v) is 2.64. The normalized spacial score (nSPS) is 28.8. The van der Waals surface area contributed by atoms with Crippen LogP contribution in [0.1, 0.15) is 13.3 Å². The van der Waals surface area contributed by atoms with E-state index in [1.807, 2.05) is 0 Å². The average molecular weight is 164 g/mol. The first-order valence-electron chi connectivity index (χ1n) is 3.02. The highest BCUT2D eigenvalue weighted by molar-refractivity contribution is 8.02. The molecular formula is C6H10ClNS. The van der Waals surface area contributed by atoms with Crippen molar-refractivity contribution in [1.82, 2.24) is 4.31 Å². The summed E-state index contributed by atoms with van der Waals surface area (Å²) in [6.07, 6.45) is 3.23. The maximum atomic E-state index is 5.76. The van der Waals surface area contributed by atoms with E-state index in [0.29, 0.717) is 6.04 Å². The zero-order chi connectivity index (χ0) is 6.85. The maximum Gasteiger partial charge on any atom is 0.0865 e. The lowest BCUT2D eigenvalue weighted by Gasteiger charge is -2.14. The van der Waals surface area contributed by atoms with E-state index in [-0.39, 0.29) is 0 Å². The van der Waals surface area contributed by atoms with Crippen LogP contribution in [0.3, 0.4) is 0 Å². The van der Waals surface area contributed by atoms with Gasteiger partial charge in [0.05, 0.1) is 4.36 Å². The van der Waals surface area contributed by atoms with E-state index >= 15 is 0 Å². The molecule has 9 heavy (non-hydrogen) atoms. The van der Waals surface area contributed by atoms with Crippen LogP contribution in [0.15, 0.2) is 10.4 Å². The van der Waals surface area contributed by atoms with Crippen molar-refractivity contribution in [3.63, 3.8) is 0 Å². The van der Waals surface area contributed by atoms with Gasteiger partial charge in [0.25, 0.3) is 0 Å². The molecule has 1 heterocycles. The quantitative estimate of drug-likeness (QED) is 0.547. The molecule has 0 aromatic heterocycles. The maximum absolute atomic E-state index is 5.76. The Hall–Kier alpha value is 0.340. The Morgan fingerprint density at radius 2 is 2.56 bits per heavy atom. The molecule has 1 aliphatic rings. The van der Waals surface area contributed by atoms with Gasteiger partial charge in [-0.1, -0.05) is 18.5 Å². The van der Waals surface area contributed by atoms with Crippen LogP contribution in [0, 0.1) is 0 Å². The molecule has 0 amide bonds. The van der Waals surface area contributed by atoms with Crippen LogP contribution >= 0.6 is 23.5 Å². The van der Waals surface area contributed by atoms with Crippen LogP contribution in [0.5, 0.6) is 0 Å². The van der Waals surface area contributed by atoms with Crippen molar-refractivity contribution in [1.29, 1.82) is 0 Å². The van der Waals surface area contributed by atoms with Crippen molar-refractivity contribution in [2.24, 2.45) is 0 Å². The molecule has 0 aromatic carbocycles. The number of nitrogens with zero attached hydrogens (tertiary/aromatic N) is 1. The van der Waals surface area contributed by atoms with Crippen molar-refractivity contribution in [3.8, 4) is 0 Å². The van der Waals surface area contributed by atoms with Gasteiger partial charge in [-0.15, -0.1) is 0 Å². The molecule has 0 fully saturated rings. The summed E-state index contributed by atoms with van der Waals surface area (Å²) < 4.78 is 3.08. The minimum absolute atomic E-state index is 0.544. The van der Waals surface area contributed by atoms with Crippen LogP contribution < -0.4 is 0 Å². The summed E-state index contributed by atoms with van der Waals surface area (Å²) in [6, 6.07) is 0.544. The van der Waals surface area contributed by atoms with Crippen LogP contribution in [0.2, 0.25) is 0 Å². The Labute approximate surface area is 65.2 Å². The average Bonchev–Trinajstić information content (AvgIpc) is 2.10. The predicted octanol–water partition coefficient (Wildman–Crippen LogP) is 2.44. The number of hydrogen-bond donors (Lipinski definition) is 0. The van der Waals surface area contributed by atoms with Crippen molar-refractivity contribution in [2.75, 3.05) is 7.05 Å². The lowest BCUT2D eigenvalue weighted by molar-refractivity contribution is 0.476. The summed E-state index contributed by atoms with van der Waals surface area (Å²) in [4.78, 5) is 0. The summed E-state index contributed by atoms with van der Waals surface area (Å²) in [5.74, 6) is 0.